The zero-order valence-corrected chi connectivity index (χ0v) is 14.8. The second kappa shape index (κ2) is 5.85. The van der Waals surface area contributed by atoms with Crippen molar-refractivity contribution in [3.8, 4) is 10.6 Å². The predicted octanol–water partition coefficient (Wildman–Crippen LogP) is 3.04. The number of rotatable bonds is 2. The lowest BCUT2D eigenvalue weighted by atomic mass is 10.1. The highest BCUT2D eigenvalue weighted by Gasteiger charge is 2.31. The molecule has 0 N–H and O–H groups in total. The molecule has 0 unspecified atom stereocenters. The van der Waals surface area contributed by atoms with Gasteiger partial charge in [0.25, 0.3) is 5.91 Å². The van der Waals surface area contributed by atoms with Crippen molar-refractivity contribution in [2.75, 3.05) is 19.0 Å². The van der Waals surface area contributed by atoms with E-state index in [0.29, 0.717) is 5.71 Å². The second-order valence-electron chi connectivity index (χ2n) is 5.25. The molecule has 5 nitrogen and oxygen atoms in total. The second-order valence-corrected chi connectivity index (χ2v) is 7.03. The minimum atomic E-state index is -0.103. The Kier molecular flexibility index (Phi) is 3.66. The molecule has 0 atom stereocenters. The average Bonchev–Trinajstić information content (AvgIpc) is 3.31. The predicted molar refractivity (Wildman–Crippen MR) is 98.9 cm³/mol. The lowest BCUT2D eigenvalue weighted by molar-refractivity contribution is -0.112. The van der Waals surface area contributed by atoms with Gasteiger partial charge in [-0.05, 0) is 17.5 Å². The summed E-state index contributed by atoms with van der Waals surface area (Å²) in [6, 6.07) is 11.7. The largest absolute Gasteiger partial charge is 0.309 e. The van der Waals surface area contributed by atoms with Crippen LogP contribution in [0, 0.1) is 0 Å². The standard InChI is InChI=1S/C17H14N4OS2/c1-18-17-21(13(10-24-17)14-8-5-9-23-14)19-15-11-6-3-4-7-12(11)20(2)16(15)22/h3-10H,1-2H3. The molecule has 2 aromatic heterocycles. The molecule has 3 heterocycles. The molecule has 4 rings (SSSR count). The van der Waals surface area contributed by atoms with Crippen LogP contribution in [0.4, 0.5) is 5.69 Å². The smallest absolute Gasteiger partial charge is 0.279 e. The van der Waals surface area contributed by atoms with Gasteiger partial charge in [0.15, 0.2) is 5.71 Å². The lowest BCUT2D eigenvalue weighted by Crippen LogP contribution is -2.27. The summed E-state index contributed by atoms with van der Waals surface area (Å²) in [6.45, 7) is 0. The van der Waals surface area contributed by atoms with Gasteiger partial charge < -0.3 is 4.90 Å². The van der Waals surface area contributed by atoms with Crippen molar-refractivity contribution < 1.29 is 4.79 Å². The fraction of sp³-hybridized carbons (Fsp3) is 0.118. The number of hydrogen-bond acceptors (Lipinski definition) is 5. The summed E-state index contributed by atoms with van der Waals surface area (Å²) in [5.41, 5.74) is 3.12. The van der Waals surface area contributed by atoms with Crippen LogP contribution < -0.4 is 9.70 Å². The highest BCUT2D eigenvalue weighted by molar-refractivity contribution is 7.14. The average molecular weight is 354 g/mol. The molecule has 0 radical (unpaired) electrons. The van der Waals surface area contributed by atoms with E-state index in [1.807, 2.05) is 47.2 Å². The van der Waals surface area contributed by atoms with Gasteiger partial charge in [0.05, 0.1) is 16.3 Å². The number of aromatic nitrogens is 1. The van der Waals surface area contributed by atoms with Crippen molar-refractivity contribution in [3.05, 3.63) is 57.5 Å². The first-order valence-electron chi connectivity index (χ1n) is 7.34. The van der Waals surface area contributed by atoms with Crippen LogP contribution in [0.5, 0.6) is 0 Å². The summed E-state index contributed by atoms with van der Waals surface area (Å²) < 4.78 is 1.76. The van der Waals surface area contributed by atoms with Crippen LogP contribution >= 0.6 is 22.7 Å². The first kappa shape index (κ1) is 15.0. The highest BCUT2D eigenvalue weighted by Crippen LogP contribution is 2.29. The number of carbonyl (C=O) groups is 1. The number of anilines is 1. The van der Waals surface area contributed by atoms with Gasteiger partial charge in [0.2, 0.25) is 4.80 Å². The SMILES string of the molecule is CN=c1scc(-c2cccs2)n1N=C1C(=O)N(C)c2ccccc21. The van der Waals surface area contributed by atoms with Gasteiger partial charge in [-0.3, -0.25) is 9.79 Å². The quantitative estimate of drug-likeness (QED) is 0.698. The molecule has 1 aliphatic heterocycles. The van der Waals surface area contributed by atoms with E-state index in [-0.39, 0.29) is 5.91 Å². The number of fused-ring (bicyclic) bond motifs is 1. The number of thiophene rings is 1. The molecule has 1 aromatic carbocycles. The van der Waals surface area contributed by atoms with Crippen LogP contribution in [0.25, 0.3) is 10.6 Å². The van der Waals surface area contributed by atoms with Crippen molar-refractivity contribution in [1.82, 2.24) is 4.68 Å². The van der Waals surface area contributed by atoms with Gasteiger partial charge in [-0.25, -0.2) is 4.68 Å². The maximum atomic E-state index is 12.6. The van der Waals surface area contributed by atoms with Crippen LogP contribution in [0.2, 0.25) is 0 Å². The van der Waals surface area contributed by atoms with Crippen molar-refractivity contribution in [2.45, 2.75) is 0 Å². The van der Waals surface area contributed by atoms with E-state index >= 15 is 0 Å². The molecule has 0 aliphatic carbocycles. The Labute approximate surface area is 146 Å². The molecule has 7 heteroatoms. The first-order valence-corrected chi connectivity index (χ1v) is 9.10. The Morgan fingerprint density at radius 2 is 1.92 bits per heavy atom. The summed E-state index contributed by atoms with van der Waals surface area (Å²) >= 11 is 3.15. The Morgan fingerprint density at radius 3 is 2.67 bits per heavy atom. The number of likely N-dealkylation sites (N-methyl/N-ethyl adjacent to an activating group) is 1. The number of nitrogens with zero attached hydrogens (tertiary/aromatic N) is 4. The third-order valence-electron chi connectivity index (χ3n) is 3.88. The number of thiazole rings is 1. The first-order chi connectivity index (χ1) is 11.7. The number of carbonyl (C=O) groups excluding carboxylic acids is 1. The third kappa shape index (κ3) is 2.24. The van der Waals surface area contributed by atoms with Crippen LogP contribution in [-0.2, 0) is 4.79 Å². The zero-order chi connectivity index (χ0) is 16.7. The summed E-state index contributed by atoms with van der Waals surface area (Å²) in [6.07, 6.45) is 0. The molecule has 0 saturated carbocycles. The van der Waals surface area contributed by atoms with Crippen molar-refractivity contribution in [2.24, 2.45) is 10.1 Å². The van der Waals surface area contributed by atoms with Gasteiger partial charge in [0, 0.05) is 25.0 Å². The van der Waals surface area contributed by atoms with Gasteiger partial charge in [-0.1, -0.05) is 24.3 Å². The van der Waals surface area contributed by atoms with Gasteiger partial charge >= 0.3 is 0 Å². The van der Waals surface area contributed by atoms with Crippen molar-refractivity contribution >= 4 is 40.0 Å². The minimum Gasteiger partial charge on any atom is -0.309 e. The monoisotopic (exact) mass is 354 g/mol. The topological polar surface area (TPSA) is 50.0 Å². The van der Waals surface area contributed by atoms with E-state index in [2.05, 4.69) is 10.1 Å². The van der Waals surface area contributed by atoms with Gasteiger partial charge in [0.1, 0.15) is 0 Å². The fourth-order valence-corrected chi connectivity index (χ4v) is 4.28. The van der Waals surface area contributed by atoms with Gasteiger partial charge in [-0.2, -0.15) is 5.10 Å². The number of amides is 1. The highest BCUT2D eigenvalue weighted by atomic mass is 32.1. The van der Waals surface area contributed by atoms with E-state index in [4.69, 9.17) is 0 Å². The van der Waals surface area contributed by atoms with E-state index < -0.39 is 0 Å². The van der Waals surface area contributed by atoms with Gasteiger partial charge in [-0.15, -0.1) is 22.7 Å². The molecule has 3 aromatic rings. The van der Waals surface area contributed by atoms with E-state index in [9.17, 15) is 4.79 Å². The summed E-state index contributed by atoms with van der Waals surface area (Å²) in [4.78, 5) is 20.4. The molecule has 1 aliphatic rings. The normalized spacial score (nSPS) is 16.2. The molecular formula is C17H14N4OS2. The van der Waals surface area contributed by atoms with E-state index in [0.717, 1.165) is 26.6 Å². The third-order valence-corrected chi connectivity index (χ3v) is 5.68. The molecule has 1 amide bonds. The van der Waals surface area contributed by atoms with Crippen LogP contribution in [0.3, 0.4) is 0 Å². The summed E-state index contributed by atoms with van der Waals surface area (Å²) in [7, 11) is 3.50. The van der Waals surface area contributed by atoms with Crippen LogP contribution in [-0.4, -0.2) is 30.4 Å². The van der Waals surface area contributed by atoms with E-state index in [1.165, 1.54) is 11.3 Å². The maximum Gasteiger partial charge on any atom is 0.279 e. The van der Waals surface area contributed by atoms with E-state index in [1.54, 1.807) is 35.0 Å². The van der Waals surface area contributed by atoms with Crippen LogP contribution in [0.15, 0.2) is 57.3 Å². The number of benzene rings is 1. The Hall–Kier alpha value is -2.51. The van der Waals surface area contributed by atoms with Crippen molar-refractivity contribution in [3.63, 3.8) is 0 Å². The molecular weight excluding hydrogens is 340 g/mol. The number of hydrogen-bond donors (Lipinski definition) is 0. The maximum absolute atomic E-state index is 12.6. The minimum absolute atomic E-state index is 0.103. The molecule has 0 fully saturated rings. The Morgan fingerprint density at radius 1 is 1.08 bits per heavy atom. The molecule has 0 saturated heterocycles. The molecule has 120 valence electrons. The molecule has 0 spiro atoms. The lowest BCUT2D eigenvalue weighted by Gasteiger charge is -2.07. The Balaban J connectivity index is 1.94. The fourth-order valence-electron chi connectivity index (χ4n) is 2.69. The summed E-state index contributed by atoms with van der Waals surface area (Å²) in [5.74, 6) is -0.103. The Bertz CT molecular complexity index is 1010. The number of para-hydroxylation sites is 1. The molecule has 24 heavy (non-hydrogen) atoms. The molecule has 0 bridgehead atoms. The van der Waals surface area contributed by atoms with Crippen molar-refractivity contribution in [1.29, 1.82) is 0 Å². The zero-order valence-electron chi connectivity index (χ0n) is 13.1. The summed E-state index contributed by atoms with van der Waals surface area (Å²) in [5, 5.41) is 8.73. The van der Waals surface area contributed by atoms with Crippen LogP contribution in [0.1, 0.15) is 5.56 Å².